The molecule has 9 heteroatoms. The summed E-state index contributed by atoms with van der Waals surface area (Å²) in [5.41, 5.74) is 4.82. The van der Waals surface area contributed by atoms with Crippen molar-refractivity contribution in [3.8, 4) is 22.3 Å². The maximum Gasteiger partial charge on any atom is 0.283 e. The number of hydrogen-bond donors (Lipinski definition) is 0. The van der Waals surface area contributed by atoms with Crippen LogP contribution in [-0.2, 0) is 5.92 Å². The molecule has 0 unspecified atom stereocenters. The maximum absolute atomic E-state index is 13.7. The molecule has 6 nitrogen and oxygen atoms in total. The molecule has 1 aliphatic heterocycles. The molecular weight excluding hydrogens is 602 g/mol. The number of piperidine rings is 1. The number of rotatable bonds is 6. The van der Waals surface area contributed by atoms with E-state index in [9.17, 15) is 18.4 Å². The number of fused-ring (bicyclic) bond motifs is 1. The molecule has 0 N–H and O–H groups in total. The van der Waals surface area contributed by atoms with Crippen LogP contribution in [0.3, 0.4) is 0 Å². The van der Waals surface area contributed by atoms with E-state index in [0.717, 1.165) is 41.3 Å². The minimum atomic E-state index is -2.93. The second kappa shape index (κ2) is 12.1. The summed E-state index contributed by atoms with van der Waals surface area (Å²) in [6.45, 7) is 1.97. The molecule has 1 fully saturated rings. The third-order valence-electron chi connectivity index (χ3n) is 8.60. The molecule has 1 saturated heterocycles. The zero-order valence-electron chi connectivity index (χ0n) is 25.1. The van der Waals surface area contributed by atoms with Crippen molar-refractivity contribution in [1.82, 2.24) is 19.4 Å². The Morgan fingerprint density at radius 1 is 0.826 bits per heavy atom. The number of pyridine rings is 1. The summed E-state index contributed by atoms with van der Waals surface area (Å²) in [6.07, 6.45) is 4.97. The van der Waals surface area contributed by atoms with Gasteiger partial charge < -0.3 is 4.90 Å². The highest BCUT2D eigenvalue weighted by Crippen LogP contribution is 2.35. The van der Waals surface area contributed by atoms with Crippen molar-refractivity contribution in [3.05, 3.63) is 131 Å². The number of halogens is 2. The van der Waals surface area contributed by atoms with E-state index in [2.05, 4.69) is 4.98 Å². The lowest BCUT2D eigenvalue weighted by molar-refractivity contribution is 0.0175. The molecule has 230 valence electrons. The van der Waals surface area contributed by atoms with Gasteiger partial charge in [-0.25, -0.2) is 18.7 Å². The fourth-order valence-electron chi connectivity index (χ4n) is 6.12. The Bertz CT molecular complexity index is 2040. The van der Waals surface area contributed by atoms with Gasteiger partial charge in [-0.2, -0.15) is 0 Å². The number of carbonyl (C=O) groups excluding carboxylic acids is 2. The predicted molar refractivity (Wildman–Crippen MR) is 176 cm³/mol. The van der Waals surface area contributed by atoms with Crippen molar-refractivity contribution in [1.29, 1.82) is 0 Å². The first-order chi connectivity index (χ1) is 22.3. The van der Waals surface area contributed by atoms with Crippen molar-refractivity contribution in [2.45, 2.75) is 31.6 Å². The summed E-state index contributed by atoms with van der Waals surface area (Å²) >= 11 is 1.47. The highest BCUT2D eigenvalue weighted by atomic mass is 32.1. The van der Waals surface area contributed by atoms with Gasteiger partial charge in [0.1, 0.15) is 11.3 Å². The molecule has 0 bridgehead atoms. The van der Waals surface area contributed by atoms with Crippen molar-refractivity contribution in [2.24, 2.45) is 0 Å². The van der Waals surface area contributed by atoms with Crippen molar-refractivity contribution >= 4 is 34.2 Å². The van der Waals surface area contributed by atoms with E-state index in [4.69, 9.17) is 4.98 Å². The van der Waals surface area contributed by atoms with Crippen LogP contribution in [0.5, 0.6) is 0 Å². The summed E-state index contributed by atoms with van der Waals surface area (Å²) in [7, 11) is 0. The van der Waals surface area contributed by atoms with E-state index in [0.29, 0.717) is 41.1 Å². The number of carbonyl (C=O) groups is 2. The maximum atomic E-state index is 13.7. The SMILES string of the molecule is CC(F)(F)c1ccc(-c2ccccc2C(=O)N2CCC(c3nc(C(=O)n4cc(-c5ccccc5)c5cccnc54)cs3)CC2)cc1. The highest BCUT2D eigenvalue weighted by Gasteiger charge is 2.29. The fourth-order valence-corrected chi connectivity index (χ4v) is 7.09. The molecular formula is C37H30F2N4O2S. The molecule has 1 amide bonds. The lowest BCUT2D eigenvalue weighted by Crippen LogP contribution is -2.38. The van der Waals surface area contributed by atoms with Gasteiger partial charge in [0.2, 0.25) is 0 Å². The van der Waals surface area contributed by atoms with Gasteiger partial charge >= 0.3 is 0 Å². The number of thiazole rings is 1. The number of aromatic nitrogens is 3. The standard InChI is InChI=1S/C37H30F2N4O2S/c1-37(38,39)27-15-13-25(14-16-27)28-10-5-6-11-30(28)35(44)42-20-17-26(18-21-42)34-41-32(23-46-34)36(45)43-22-31(24-8-3-2-4-9-24)29-12-7-19-40-33(29)43/h2-16,19,22-23,26H,17-18,20-21H2,1H3. The van der Waals surface area contributed by atoms with Gasteiger partial charge in [0.25, 0.3) is 17.7 Å². The minimum absolute atomic E-state index is 0.0653. The number of hydrogen-bond acceptors (Lipinski definition) is 5. The third kappa shape index (κ3) is 5.63. The van der Waals surface area contributed by atoms with E-state index >= 15 is 0 Å². The van der Waals surface area contributed by atoms with Gasteiger partial charge in [-0.05, 0) is 47.7 Å². The quantitative estimate of drug-likeness (QED) is 0.184. The molecule has 4 heterocycles. The van der Waals surface area contributed by atoms with Crippen molar-refractivity contribution in [2.75, 3.05) is 13.1 Å². The van der Waals surface area contributed by atoms with Crippen molar-refractivity contribution in [3.63, 3.8) is 0 Å². The Labute approximate surface area is 269 Å². The monoisotopic (exact) mass is 632 g/mol. The molecule has 6 aromatic rings. The second-order valence-electron chi connectivity index (χ2n) is 11.6. The average molecular weight is 633 g/mol. The predicted octanol–water partition coefficient (Wildman–Crippen LogP) is 8.65. The topological polar surface area (TPSA) is 68.1 Å². The summed E-state index contributed by atoms with van der Waals surface area (Å²) in [5.74, 6) is -3.11. The van der Waals surface area contributed by atoms with Gasteiger partial charge in [-0.15, -0.1) is 11.3 Å². The minimum Gasteiger partial charge on any atom is -0.339 e. The Balaban J connectivity index is 1.06. The molecule has 3 aromatic carbocycles. The molecule has 3 aromatic heterocycles. The van der Waals surface area contributed by atoms with Crippen molar-refractivity contribution < 1.29 is 18.4 Å². The second-order valence-corrected chi connectivity index (χ2v) is 12.5. The number of nitrogens with zero attached hydrogens (tertiary/aromatic N) is 4. The zero-order valence-corrected chi connectivity index (χ0v) is 25.9. The summed E-state index contributed by atoms with van der Waals surface area (Å²) in [5, 5.41) is 3.59. The number of benzene rings is 3. The molecule has 0 radical (unpaired) electrons. The van der Waals surface area contributed by atoms with E-state index in [-0.39, 0.29) is 23.3 Å². The fraction of sp³-hybridized carbons (Fsp3) is 0.189. The Morgan fingerprint density at radius 3 is 2.26 bits per heavy atom. The Hall–Kier alpha value is -5.02. The molecule has 0 aliphatic carbocycles. The van der Waals surface area contributed by atoms with Crippen LogP contribution in [0.15, 0.2) is 109 Å². The third-order valence-corrected chi connectivity index (χ3v) is 9.61. The number of amides is 1. The van der Waals surface area contributed by atoms with Gasteiger partial charge in [0.05, 0.1) is 5.01 Å². The van der Waals surface area contributed by atoms with Crippen LogP contribution in [0.4, 0.5) is 8.78 Å². The van der Waals surface area contributed by atoms with Crippen LogP contribution >= 0.6 is 11.3 Å². The summed E-state index contributed by atoms with van der Waals surface area (Å²) in [6, 6.07) is 27.2. The van der Waals surface area contributed by atoms with Crippen LogP contribution in [0.1, 0.15) is 57.1 Å². The summed E-state index contributed by atoms with van der Waals surface area (Å²) < 4.78 is 29.1. The van der Waals surface area contributed by atoms with E-state index in [1.165, 1.54) is 23.5 Å². The Kier molecular flexibility index (Phi) is 7.78. The largest absolute Gasteiger partial charge is 0.339 e. The van der Waals surface area contributed by atoms with E-state index < -0.39 is 5.92 Å². The highest BCUT2D eigenvalue weighted by molar-refractivity contribution is 7.09. The molecule has 7 rings (SSSR count). The first kappa shape index (κ1) is 29.7. The van der Waals surface area contributed by atoms with Gasteiger partial charge in [-0.1, -0.05) is 72.8 Å². The van der Waals surface area contributed by atoms with Crippen LogP contribution in [0.25, 0.3) is 33.3 Å². The lowest BCUT2D eigenvalue weighted by Gasteiger charge is -2.31. The molecule has 1 aliphatic rings. The van der Waals surface area contributed by atoms with Crippen LogP contribution in [-0.4, -0.2) is 44.3 Å². The first-order valence-corrected chi connectivity index (χ1v) is 16.0. The normalized spacial score (nSPS) is 14.1. The number of alkyl halides is 2. The van der Waals surface area contributed by atoms with E-state index in [1.54, 1.807) is 29.0 Å². The van der Waals surface area contributed by atoms with E-state index in [1.807, 2.05) is 77.1 Å². The van der Waals surface area contributed by atoms with Crippen LogP contribution in [0, 0.1) is 0 Å². The van der Waals surface area contributed by atoms with Gasteiger partial charge in [0, 0.05) is 65.8 Å². The number of likely N-dealkylation sites (tertiary alicyclic amines) is 1. The smallest absolute Gasteiger partial charge is 0.283 e. The van der Waals surface area contributed by atoms with Crippen LogP contribution in [0.2, 0.25) is 0 Å². The molecule has 0 atom stereocenters. The zero-order chi connectivity index (χ0) is 31.8. The first-order valence-electron chi connectivity index (χ1n) is 15.2. The molecule has 46 heavy (non-hydrogen) atoms. The lowest BCUT2D eigenvalue weighted by atomic mass is 9.94. The van der Waals surface area contributed by atoms with Gasteiger partial charge in [-0.3, -0.25) is 14.2 Å². The van der Waals surface area contributed by atoms with Crippen LogP contribution < -0.4 is 0 Å². The molecule has 0 spiro atoms. The summed E-state index contributed by atoms with van der Waals surface area (Å²) in [4.78, 5) is 38.5. The average Bonchev–Trinajstić information content (AvgIpc) is 3.74. The molecule has 0 saturated carbocycles. The Morgan fingerprint density at radius 2 is 1.52 bits per heavy atom. The van der Waals surface area contributed by atoms with Gasteiger partial charge in [0.15, 0.2) is 0 Å².